The second-order valence-electron chi connectivity index (χ2n) is 4.32. The van der Waals surface area contributed by atoms with Crippen LogP contribution in [0.15, 0.2) is 41.6 Å². The van der Waals surface area contributed by atoms with Crippen molar-refractivity contribution in [1.29, 1.82) is 0 Å². The predicted molar refractivity (Wildman–Crippen MR) is 75.4 cm³/mol. The van der Waals surface area contributed by atoms with Crippen LogP contribution in [-0.2, 0) is 10.0 Å². The van der Waals surface area contributed by atoms with Crippen LogP contribution in [0.1, 0.15) is 11.1 Å². The van der Waals surface area contributed by atoms with Crippen molar-refractivity contribution in [3.63, 3.8) is 0 Å². The minimum Gasteiger partial charge on any atom is -0.398 e. The smallest absolute Gasteiger partial charge is 0.262 e. The number of sulfonamides is 1. The zero-order valence-corrected chi connectivity index (χ0v) is 11.5. The van der Waals surface area contributed by atoms with Crippen molar-refractivity contribution in [3.05, 3.63) is 47.8 Å². The molecule has 100 valence electrons. The lowest BCUT2D eigenvalue weighted by Crippen LogP contribution is -2.15. The highest BCUT2D eigenvalue weighted by Crippen LogP contribution is 2.24. The van der Waals surface area contributed by atoms with Crippen LogP contribution in [0.3, 0.4) is 0 Å². The van der Waals surface area contributed by atoms with Gasteiger partial charge < -0.3 is 5.73 Å². The standard InChI is InChI=1S/C13H15N3O2S/c1-9-7-12(14)10(2)13(8-9)19(17,18)16-11-3-5-15-6-4-11/h3-8H,14H2,1-2H3,(H,15,16). The third-order valence-corrected chi connectivity index (χ3v) is 4.27. The van der Waals surface area contributed by atoms with E-state index in [0.717, 1.165) is 5.56 Å². The van der Waals surface area contributed by atoms with E-state index in [1.165, 1.54) is 12.4 Å². The molecule has 0 aliphatic carbocycles. The molecule has 5 nitrogen and oxygen atoms in total. The van der Waals surface area contributed by atoms with E-state index < -0.39 is 10.0 Å². The molecule has 0 fully saturated rings. The predicted octanol–water partition coefficient (Wildman–Crippen LogP) is 2.08. The van der Waals surface area contributed by atoms with Crippen LogP contribution in [0.5, 0.6) is 0 Å². The van der Waals surface area contributed by atoms with Crippen molar-refractivity contribution in [3.8, 4) is 0 Å². The van der Waals surface area contributed by atoms with Crippen molar-refractivity contribution < 1.29 is 8.42 Å². The number of rotatable bonds is 3. The van der Waals surface area contributed by atoms with Crippen molar-refractivity contribution >= 4 is 21.4 Å². The summed E-state index contributed by atoms with van der Waals surface area (Å²) < 4.78 is 27.2. The maximum atomic E-state index is 12.3. The van der Waals surface area contributed by atoms with Gasteiger partial charge in [-0.25, -0.2) is 8.42 Å². The van der Waals surface area contributed by atoms with Crippen LogP contribution in [-0.4, -0.2) is 13.4 Å². The summed E-state index contributed by atoms with van der Waals surface area (Å²) in [5.41, 5.74) is 8.10. The number of nitrogens with two attached hydrogens (primary N) is 1. The van der Waals surface area contributed by atoms with Crippen molar-refractivity contribution in [1.82, 2.24) is 4.98 Å². The van der Waals surface area contributed by atoms with Crippen LogP contribution < -0.4 is 10.5 Å². The first-order chi connectivity index (χ1) is 8.90. The minimum absolute atomic E-state index is 0.196. The first kappa shape index (κ1) is 13.4. The molecule has 0 spiro atoms. The fourth-order valence-electron chi connectivity index (χ4n) is 1.76. The highest BCUT2D eigenvalue weighted by atomic mass is 32.2. The summed E-state index contributed by atoms with van der Waals surface area (Å²) in [5.74, 6) is 0. The number of hydrogen-bond donors (Lipinski definition) is 2. The van der Waals surface area contributed by atoms with Gasteiger partial charge in [-0.05, 0) is 49.2 Å². The lowest BCUT2D eigenvalue weighted by molar-refractivity contribution is 0.600. The molecule has 6 heteroatoms. The van der Waals surface area contributed by atoms with Gasteiger partial charge in [-0.3, -0.25) is 9.71 Å². The molecule has 0 unspecified atom stereocenters. The van der Waals surface area contributed by atoms with Crippen LogP contribution in [0.4, 0.5) is 11.4 Å². The molecule has 1 aromatic heterocycles. The monoisotopic (exact) mass is 277 g/mol. The van der Waals surface area contributed by atoms with Gasteiger partial charge >= 0.3 is 0 Å². The van der Waals surface area contributed by atoms with Gasteiger partial charge in [0.2, 0.25) is 0 Å². The Kier molecular flexibility index (Phi) is 3.44. The molecular weight excluding hydrogens is 262 g/mol. The molecule has 0 amide bonds. The van der Waals surface area contributed by atoms with E-state index in [9.17, 15) is 8.42 Å². The fraction of sp³-hybridized carbons (Fsp3) is 0.154. The Morgan fingerprint density at radius 3 is 2.42 bits per heavy atom. The highest BCUT2D eigenvalue weighted by molar-refractivity contribution is 7.92. The SMILES string of the molecule is Cc1cc(N)c(C)c(S(=O)(=O)Nc2ccncc2)c1. The van der Waals surface area contributed by atoms with Gasteiger partial charge in [0.1, 0.15) is 0 Å². The van der Waals surface area contributed by atoms with Gasteiger partial charge in [0.05, 0.1) is 10.6 Å². The van der Waals surface area contributed by atoms with Gasteiger partial charge in [-0.2, -0.15) is 0 Å². The Bertz CT molecular complexity index is 697. The van der Waals surface area contributed by atoms with Crippen LogP contribution in [0.2, 0.25) is 0 Å². The maximum absolute atomic E-state index is 12.3. The second kappa shape index (κ2) is 4.89. The van der Waals surface area contributed by atoms with Gasteiger partial charge in [-0.15, -0.1) is 0 Å². The lowest BCUT2D eigenvalue weighted by atomic mass is 10.1. The number of benzene rings is 1. The summed E-state index contributed by atoms with van der Waals surface area (Å²) in [5, 5.41) is 0. The van der Waals surface area contributed by atoms with Crippen LogP contribution >= 0.6 is 0 Å². The number of aryl methyl sites for hydroxylation is 1. The van der Waals surface area contributed by atoms with Gasteiger partial charge in [0.25, 0.3) is 10.0 Å². The normalized spacial score (nSPS) is 11.3. The van der Waals surface area contributed by atoms with E-state index in [0.29, 0.717) is 16.9 Å². The molecule has 19 heavy (non-hydrogen) atoms. The number of nitrogen functional groups attached to an aromatic ring is 1. The quantitative estimate of drug-likeness (QED) is 0.841. The Morgan fingerprint density at radius 2 is 1.79 bits per heavy atom. The Morgan fingerprint density at radius 1 is 1.16 bits per heavy atom. The minimum atomic E-state index is -3.65. The second-order valence-corrected chi connectivity index (χ2v) is 5.97. The number of pyridine rings is 1. The molecule has 0 atom stereocenters. The summed E-state index contributed by atoms with van der Waals surface area (Å²) in [6.45, 7) is 3.50. The third-order valence-electron chi connectivity index (χ3n) is 2.77. The third kappa shape index (κ3) is 2.85. The molecular formula is C13H15N3O2S. The molecule has 2 rings (SSSR count). The molecule has 1 aromatic carbocycles. The topological polar surface area (TPSA) is 85.1 Å². The average Bonchev–Trinajstić information content (AvgIpc) is 2.34. The Labute approximate surface area is 112 Å². The maximum Gasteiger partial charge on any atom is 0.262 e. The lowest BCUT2D eigenvalue weighted by Gasteiger charge is -2.12. The van der Waals surface area contributed by atoms with E-state index in [4.69, 9.17) is 5.73 Å². The summed E-state index contributed by atoms with van der Waals surface area (Å²) in [4.78, 5) is 4.04. The molecule has 1 heterocycles. The van der Waals surface area contributed by atoms with Crippen LogP contribution in [0, 0.1) is 13.8 Å². The number of nitrogens with one attached hydrogen (secondary N) is 1. The Hall–Kier alpha value is -2.08. The fourth-order valence-corrected chi connectivity index (χ4v) is 3.18. The summed E-state index contributed by atoms with van der Waals surface area (Å²) in [7, 11) is -3.65. The van der Waals surface area contributed by atoms with E-state index in [2.05, 4.69) is 9.71 Å². The zero-order chi connectivity index (χ0) is 14.0. The van der Waals surface area contributed by atoms with E-state index in [1.54, 1.807) is 38.1 Å². The molecule has 3 N–H and O–H groups in total. The largest absolute Gasteiger partial charge is 0.398 e. The Balaban J connectivity index is 2.46. The highest BCUT2D eigenvalue weighted by Gasteiger charge is 2.18. The van der Waals surface area contributed by atoms with E-state index >= 15 is 0 Å². The molecule has 0 aliphatic heterocycles. The molecule has 0 bridgehead atoms. The molecule has 2 aromatic rings. The molecule has 0 saturated heterocycles. The van der Waals surface area contributed by atoms with Crippen LogP contribution in [0.25, 0.3) is 0 Å². The number of anilines is 2. The number of aromatic nitrogens is 1. The first-order valence-electron chi connectivity index (χ1n) is 5.70. The summed E-state index contributed by atoms with van der Waals surface area (Å²) in [6, 6.07) is 6.54. The number of nitrogens with zero attached hydrogens (tertiary/aromatic N) is 1. The van der Waals surface area contributed by atoms with E-state index in [-0.39, 0.29) is 4.90 Å². The van der Waals surface area contributed by atoms with E-state index in [1.807, 2.05) is 0 Å². The van der Waals surface area contributed by atoms with Gasteiger partial charge in [-0.1, -0.05) is 0 Å². The van der Waals surface area contributed by atoms with Crippen molar-refractivity contribution in [2.24, 2.45) is 0 Å². The van der Waals surface area contributed by atoms with Crippen molar-refractivity contribution in [2.75, 3.05) is 10.5 Å². The summed E-state index contributed by atoms with van der Waals surface area (Å²) >= 11 is 0. The first-order valence-corrected chi connectivity index (χ1v) is 7.18. The molecule has 0 aliphatic rings. The zero-order valence-electron chi connectivity index (χ0n) is 10.7. The molecule has 0 saturated carbocycles. The summed E-state index contributed by atoms with van der Waals surface area (Å²) in [6.07, 6.45) is 3.05. The van der Waals surface area contributed by atoms with Crippen molar-refractivity contribution in [2.45, 2.75) is 18.7 Å². The average molecular weight is 277 g/mol. The van der Waals surface area contributed by atoms with Gasteiger partial charge in [0.15, 0.2) is 0 Å². The molecule has 0 radical (unpaired) electrons. The number of hydrogen-bond acceptors (Lipinski definition) is 4. The van der Waals surface area contributed by atoms with Gasteiger partial charge in [0, 0.05) is 18.1 Å².